The van der Waals surface area contributed by atoms with Gasteiger partial charge in [0.05, 0.1) is 16.2 Å². The lowest BCUT2D eigenvalue weighted by Gasteiger charge is -2.04. The number of nitrogen functional groups attached to an aromatic ring is 1. The van der Waals surface area contributed by atoms with Crippen molar-refractivity contribution in [2.75, 3.05) is 18.0 Å². The van der Waals surface area contributed by atoms with E-state index in [4.69, 9.17) is 5.73 Å². The lowest BCUT2D eigenvalue weighted by Crippen LogP contribution is -2.27. The fraction of sp³-hybridized carbons (Fsp3) is 0.231. The molecule has 2 aromatic rings. The zero-order valence-corrected chi connectivity index (χ0v) is 12.0. The van der Waals surface area contributed by atoms with Crippen molar-refractivity contribution in [1.82, 2.24) is 10.3 Å². The number of anilines is 1. The fourth-order valence-corrected chi connectivity index (χ4v) is 3.11. The molecule has 1 aromatic heterocycles. The Kier molecular flexibility index (Phi) is 5.23. The van der Waals surface area contributed by atoms with E-state index in [-0.39, 0.29) is 5.91 Å². The minimum atomic E-state index is 0.0351. The molecular weight excluding hydrogens is 278 g/mol. The summed E-state index contributed by atoms with van der Waals surface area (Å²) in [7, 11) is 0. The van der Waals surface area contributed by atoms with E-state index in [1.165, 1.54) is 28.7 Å². The average Bonchev–Trinajstić information content (AvgIpc) is 2.83. The van der Waals surface area contributed by atoms with Crippen LogP contribution in [0.5, 0.6) is 0 Å². The van der Waals surface area contributed by atoms with E-state index in [0.717, 1.165) is 10.6 Å². The van der Waals surface area contributed by atoms with E-state index in [1.54, 1.807) is 6.20 Å². The van der Waals surface area contributed by atoms with Crippen molar-refractivity contribution in [2.45, 2.75) is 10.6 Å². The monoisotopic (exact) mass is 293 g/mol. The molecule has 0 spiro atoms. The average molecular weight is 293 g/mol. The smallest absolute Gasteiger partial charge is 0.230 e. The summed E-state index contributed by atoms with van der Waals surface area (Å²) in [6.45, 7) is 0.661. The van der Waals surface area contributed by atoms with Gasteiger partial charge in [0.15, 0.2) is 5.13 Å². The molecule has 1 heterocycles. The van der Waals surface area contributed by atoms with Crippen LogP contribution >= 0.6 is 23.1 Å². The van der Waals surface area contributed by atoms with E-state index in [2.05, 4.69) is 22.4 Å². The Morgan fingerprint density at radius 1 is 1.37 bits per heavy atom. The van der Waals surface area contributed by atoms with Crippen LogP contribution in [-0.4, -0.2) is 23.2 Å². The summed E-state index contributed by atoms with van der Waals surface area (Å²) in [5.74, 6) is 0.434. The van der Waals surface area contributed by atoms with Gasteiger partial charge < -0.3 is 11.1 Å². The van der Waals surface area contributed by atoms with Crippen molar-refractivity contribution >= 4 is 34.1 Å². The molecule has 0 saturated heterocycles. The second kappa shape index (κ2) is 7.16. The molecule has 6 heteroatoms. The number of hydrogen-bond donors (Lipinski definition) is 2. The number of amides is 1. The van der Waals surface area contributed by atoms with Crippen molar-refractivity contribution < 1.29 is 4.79 Å². The van der Waals surface area contributed by atoms with Gasteiger partial charge in [0.2, 0.25) is 5.91 Å². The highest BCUT2D eigenvalue weighted by molar-refractivity contribution is 8.01. The first kappa shape index (κ1) is 13.9. The maximum absolute atomic E-state index is 11.6. The summed E-state index contributed by atoms with van der Waals surface area (Å²) >= 11 is 2.86. The van der Waals surface area contributed by atoms with Crippen LogP contribution in [0, 0.1) is 0 Å². The molecule has 0 atom stereocenters. The van der Waals surface area contributed by atoms with Crippen LogP contribution in [0.2, 0.25) is 0 Å². The summed E-state index contributed by atoms with van der Waals surface area (Å²) in [6, 6.07) is 10.1. The number of carbonyl (C=O) groups is 1. The number of hydrogen-bond acceptors (Lipinski definition) is 5. The van der Waals surface area contributed by atoms with Crippen molar-refractivity contribution in [3.05, 3.63) is 42.1 Å². The Balaban J connectivity index is 1.65. The van der Waals surface area contributed by atoms with Crippen molar-refractivity contribution in [3.8, 4) is 0 Å². The number of aromatic nitrogens is 1. The molecular formula is C13H15N3OS2. The molecule has 100 valence electrons. The largest absolute Gasteiger partial charge is 0.375 e. The fourth-order valence-electron chi connectivity index (χ4n) is 1.52. The Morgan fingerprint density at radius 3 is 2.84 bits per heavy atom. The van der Waals surface area contributed by atoms with Crippen LogP contribution in [0.15, 0.2) is 40.7 Å². The third-order valence-corrected chi connectivity index (χ3v) is 4.45. The van der Waals surface area contributed by atoms with E-state index in [0.29, 0.717) is 17.4 Å². The molecule has 1 aromatic carbocycles. The Bertz CT molecular complexity index is 528. The number of thioether (sulfide) groups is 1. The third kappa shape index (κ3) is 4.92. The topological polar surface area (TPSA) is 68.0 Å². The second-order valence-electron chi connectivity index (χ2n) is 3.89. The van der Waals surface area contributed by atoms with Gasteiger partial charge >= 0.3 is 0 Å². The molecule has 0 aliphatic carbocycles. The molecule has 0 aliphatic rings. The maximum Gasteiger partial charge on any atom is 0.230 e. The Labute approximate surface area is 120 Å². The molecule has 19 heavy (non-hydrogen) atoms. The predicted molar refractivity (Wildman–Crippen MR) is 80.4 cm³/mol. The third-order valence-electron chi connectivity index (χ3n) is 2.43. The van der Waals surface area contributed by atoms with Gasteiger partial charge in [-0.05, 0) is 12.0 Å². The number of nitrogens with one attached hydrogen (secondary N) is 1. The number of carbonyl (C=O) groups excluding carboxylic acids is 1. The summed E-state index contributed by atoms with van der Waals surface area (Å²) in [5.41, 5.74) is 6.75. The van der Waals surface area contributed by atoms with E-state index in [1.807, 2.05) is 18.2 Å². The van der Waals surface area contributed by atoms with Crippen LogP contribution in [0.1, 0.15) is 5.56 Å². The van der Waals surface area contributed by atoms with E-state index < -0.39 is 0 Å². The number of thiazole rings is 1. The summed E-state index contributed by atoms with van der Waals surface area (Å²) < 4.78 is 0.968. The molecule has 3 N–H and O–H groups in total. The second-order valence-corrected chi connectivity index (χ2v) is 6.23. The molecule has 0 saturated carbocycles. The lowest BCUT2D eigenvalue weighted by atomic mass is 10.1. The Morgan fingerprint density at radius 2 is 2.16 bits per heavy atom. The molecule has 0 radical (unpaired) electrons. The van der Waals surface area contributed by atoms with Crippen LogP contribution in [0.25, 0.3) is 0 Å². The van der Waals surface area contributed by atoms with Crippen LogP contribution < -0.4 is 11.1 Å². The molecule has 1 amide bonds. The SMILES string of the molecule is Nc1ncc(SCC(=O)NCCc2ccccc2)s1. The molecule has 4 nitrogen and oxygen atoms in total. The highest BCUT2D eigenvalue weighted by Gasteiger charge is 2.04. The first-order valence-corrected chi connectivity index (χ1v) is 7.69. The molecule has 0 fully saturated rings. The number of nitrogens with zero attached hydrogens (tertiary/aromatic N) is 1. The highest BCUT2D eigenvalue weighted by Crippen LogP contribution is 2.25. The predicted octanol–water partition coefficient (Wildman–Crippen LogP) is 2.18. The van der Waals surface area contributed by atoms with Crippen molar-refractivity contribution in [1.29, 1.82) is 0 Å². The first-order valence-electron chi connectivity index (χ1n) is 5.89. The minimum absolute atomic E-state index is 0.0351. The zero-order chi connectivity index (χ0) is 13.5. The van der Waals surface area contributed by atoms with Gasteiger partial charge in [-0.25, -0.2) is 4.98 Å². The van der Waals surface area contributed by atoms with Gasteiger partial charge in [-0.15, -0.1) is 11.8 Å². The summed E-state index contributed by atoms with van der Waals surface area (Å²) in [5, 5.41) is 3.44. The molecule has 2 rings (SSSR count). The van der Waals surface area contributed by atoms with Crippen LogP contribution in [-0.2, 0) is 11.2 Å². The summed E-state index contributed by atoms with van der Waals surface area (Å²) in [4.78, 5) is 15.6. The van der Waals surface area contributed by atoms with Gasteiger partial charge in [0, 0.05) is 6.54 Å². The first-order chi connectivity index (χ1) is 9.24. The standard InChI is InChI=1S/C13H15N3OS2/c14-13-16-8-12(19-13)18-9-11(17)15-7-6-10-4-2-1-3-5-10/h1-5,8H,6-7,9H2,(H2,14,16)(H,15,17). The van der Waals surface area contributed by atoms with E-state index in [9.17, 15) is 4.79 Å². The lowest BCUT2D eigenvalue weighted by molar-refractivity contribution is -0.118. The molecule has 0 unspecified atom stereocenters. The minimum Gasteiger partial charge on any atom is -0.375 e. The van der Waals surface area contributed by atoms with Gasteiger partial charge in [-0.1, -0.05) is 41.7 Å². The highest BCUT2D eigenvalue weighted by atomic mass is 32.2. The molecule has 0 bridgehead atoms. The summed E-state index contributed by atoms with van der Waals surface area (Å²) in [6.07, 6.45) is 2.55. The van der Waals surface area contributed by atoms with Crippen LogP contribution in [0.4, 0.5) is 5.13 Å². The van der Waals surface area contributed by atoms with Crippen LogP contribution in [0.3, 0.4) is 0 Å². The Hall–Kier alpha value is -1.53. The number of nitrogens with two attached hydrogens (primary N) is 1. The van der Waals surface area contributed by atoms with Gasteiger partial charge in [-0.2, -0.15) is 0 Å². The van der Waals surface area contributed by atoms with E-state index >= 15 is 0 Å². The number of benzene rings is 1. The van der Waals surface area contributed by atoms with Gasteiger partial charge in [0.25, 0.3) is 0 Å². The molecule has 0 aliphatic heterocycles. The quantitative estimate of drug-likeness (QED) is 0.801. The zero-order valence-electron chi connectivity index (χ0n) is 10.3. The van der Waals surface area contributed by atoms with Gasteiger partial charge in [0.1, 0.15) is 0 Å². The number of rotatable bonds is 6. The van der Waals surface area contributed by atoms with Crippen molar-refractivity contribution in [2.24, 2.45) is 0 Å². The van der Waals surface area contributed by atoms with Gasteiger partial charge in [-0.3, -0.25) is 4.79 Å². The van der Waals surface area contributed by atoms with Crippen molar-refractivity contribution in [3.63, 3.8) is 0 Å². The normalized spacial score (nSPS) is 10.3. The maximum atomic E-state index is 11.6.